The number of thiophene rings is 1. The summed E-state index contributed by atoms with van der Waals surface area (Å²) in [4.78, 5) is 14.5. The van der Waals surface area contributed by atoms with Crippen LogP contribution < -0.4 is 4.74 Å². The van der Waals surface area contributed by atoms with Crippen LogP contribution in [0.1, 0.15) is 12.3 Å². The van der Waals surface area contributed by atoms with Crippen LogP contribution in [0, 0.1) is 0 Å². The maximum absolute atomic E-state index is 9.09. The number of rotatable bonds is 6. The molecule has 226 valence electrons. The van der Waals surface area contributed by atoms with E-state index in [1.165, 1.54) is 6.07 Å². The van der Waals surface area contributed by atoms with Crippen molar-refractivity contribution in [1.82, 2.24) is 15.0 Å². The molecule has 2 heterocycles. The second kappa shape index (κ2) is 11.9. The first-order valence-electron chi connectivity index (χ1n) is 19.6. The molecule has 0 fully saturated rings. The van der Waals surface area contributed by atoms with Crippen molar-refractivity contribution in [2.45, 2.75) is 0 Å². The van der Waals surface area contributed by atoms with E-state index in [1.54, 1.807) is 11.3 Å². The number of ether oxygens (including phenoxy) is 1. The third-order valence-electron chi connectivity index (χ3n) is 8.00. The van der Waals surface area contributed by atoms with Gasteiger partial charge in [-0.05, 0) is 40.8 Å². The summed E-state index contributed by atoms with van der Waals surface area (Å²) in [5, 5.41) is 1.84. The van der Waals surface area contributed by atoms with Gasteiger partial charge in [-0.1, -0.05) is 139 Å². The summed E-state index contributed by atoms with van der Waals surface area (Å²) in [5.41, 5.74) is 3.50. The maximum Gasteiger partial charge on any atom is 0.167 e. The predicted octanol–water partition coefficient (Wildman–Crippen LogP) is 11.9. The molecule has 0 N–H and O–H groups in total. The Hall–Kier alpha value is -6.17. The van der Waals surface area contributed by atoms with Gasteiger partial charge in [0.15, 0.2) is 17.5 Å². The Morgan fingerprint density at radius 3 is 2.04 bits per heavy atom. The van der Waals surface area contributed by atoms with Crippen molar-refractivity contribution in [3.63, 3.8) is 0 Å². The van der Waals surface area contributed by atoms with Gasteiger partial charge in [-0.15, -0.1) is 11.3 Å². The number of aromatic nitrogens is 3. The number of hydrogen-bond donors (Lipinski definition) is 0. The van der Waals surface area contributed by atoms with E-state index in [-0.39, 0.29) is 57.4 Å². The lowest BCUT2D eigenvalue weighted by atomic mass is 10.0. The van der Waals surface area contributed by atoms with Gasteiger partial charge in [0, 0.05) is 36.7 Å². The number of fused-ring (bicyclic) bond motifs is 4. The monoisotopic (exact) mass is 642 g/mol. The lowest BCUT2D eigenvalue weighted by molar-refractivity contribution is 0.490. The molecule has 5 heteroatoms. The van der Waals surface area contributed by atoms with Crippen LogP contribution in [0.2, 0.25) is 0 Å². The van der Waals surface area contributed by atoms with E-state index in [0.717, 1.165) is 37.4 Å². The van der Waals surface area contributed by atoms with Crippen LogP contribution in [0.3, 0.4) is 0 Å². The Balaban J connectivity index is 1.26. The summed E-state index contributed by atoms with van der Waals surface area (Å²) in [6, 6.07) is 30.0. The minimum Gasteiger partial charge on any atom is -0.456 e. The summed E-state index contributed by atoms with van der Waals surface area (Å²) >= 11 is 1.66. The highest BCUT2D eigenvalue weighted by molar-refractivity contribution is 7.26. The summed E-state index contributed by atoms with van der Waals surface area (Å²) in [6.45, 7) is 0. The molecule has 0 bridgehead atoms. The third kappa shape index (κ3) is 5.07. The fourth-order valence-electron chi connectivity index (χ4n) is 5.73. The van der Waals surface area contributed by atoms with Gasteiger partial charge < -0.3 is 4.74 Å². The van der Waals surface area contributed by atoms with Gasteiger partial charge in [-0.3, -0.25) is 0 Å². The zero-order chi connectivity index (χ0) is 39.7. The highest BCUT2D eigenvalue weighted by Crippen LogP contribution is 2.42. The Bertz CT molecular complexity index is 3110. The van der Waals surface area contributed by atoms with Gasteiger partial charge in [-0.2, -0.15) is 0 Å². The van der Waals surface area contributed by atoms with E-state index >= 15 is 0 Å². The number of para-hydroxylation sites is 1. The maximum atomic E-state index is 9.09. The average molecular weight is 643 g/mol. The summed E-state index contributed by atoms with van der Waals surface area (Å²) < 4.78 is 85.3. The van der Waals surface area contributed by atoms with Gasteiger partial charge >= 0.3 is 0 Å². The van der Waals surface area contributed by atoms with Crippen LogP contribution in [0.15, 0.2) is 164 Å². The molecular weight excluding hydrogens is 607 g/mol. The average Bonchev–Trinajstić information content (AvgIpc) is 3.61. The van der Waals surface area contributed by atoms with Crippen molar-refractivity contribution in [3.8, 4) is 56.8 Å². The first-order chi connectivity index (χ1) is 27.5. The molecular formula is C43H27N3OS. The van der Waals surface area contributed by atoms with Crippen LogP contribution in [-0.4, -0.2) is 15.0 Å². The molecule has 0 radical (unpaired) electrons. The quantitative estimate of drug-likeness (QED) is 0.181. The Kier molecular flexibility index (Phi) is 4.99. The standard InChI is InChI=1S/C43H27N3OS/c1-3-13-29(14-4-1)33-21-12-22-35-34-26-25-31(27-39(34)48-40(33)35)42-44-41(30-16-5-2-6-17-30)45-43(46-42)36-20-9-10-23-38(36)47-37-24-11-18-28-15-7-8-19-32(28)37/h1-27H/i7D,8D,9D,10D,11D,15D,18D,19D,20D. The van der Waals surface area contributed by atoms with Crippen molar-refractivity contribution in [2.75, 3.05) is 0 Å². The minimum absolute atomic E-state index is 0.0374. The van der Waals surface area contributed by atoms with E-state index in [9.17, 15) is 0 Å². The first kappa shape index (κ1) is 20.1. The van der Waals surface area contributed by atoms with Crippen molar-refractivity contribution in [2.24, 2.45) is 0 Å². The highest BCUT2D eigenvalue weighted by atomic mass is 32.1. The molecule has 0 aliphatic carbocycles. The molecule has 0 aliphatic rings. The Morgan fingerprint density at radius 1 is 0.479 bits per heavy atom. The largest absolute Gasteiger partial charge is 0.456 e. The van der Waals surface area contributed by atoms with Gasteiger partial charge in [-0.25, -0.2) is 15.0 Å². The number of benzene rings is 7. The molecule has 0 unspecified atom stereocenters. The van der Waals surface area contributed by atoms with Crippen LogP contribution >= 0.6 is 11.3 Å². The molecule has 0 aliphatic heterocycles. The van der Waals surface area contributed by atoms with E-state index in [2.05, 4.69) is 30.3 Å². The van der Waals surface area contributed by atoms with Gasteiger partial charge in [0.2, 0.25) is 0 Å². The zero-order valence-electron chi connectivity index (χ0n) is 34.1. The first-order valence-corrected chi connectivity index (χ1v) is 15.9. The molecule has 0 atom stereocenters. The third-order valence-corrected chi connectivity index (χ3v) is 9.20. The van der Waals surface area contributed by atoms with E-state index in [4.69, 9.17) is 32.0 Å². The molecule has 9 aromatic rings. The summed E-state index contributed by atoms with van der Waals surface area (Å²) in [6.07, 6.45) is 0. The van der Waals surface area contributed by atoms with Crippen molar-refractivity contribution >= 4 is 42.3 Å². The highest BCUT2D eigenvalue weighted by Gasteiger charge is 2.18. The molecule has 9 rings (SSSR count). The van der Waals surface area contributed by atoms with Gasteiger partial charge in [0.1, 0.15) is 11.5 Å². The molecule has 0 spiro atoms. The zero-order valence-corrected chi connectivity index (χ0v) is 25.9. The van der Waals surface area contributed by atoms with Crippen LogP contribution in [0.4, 0.5) is 0 Å². The molecule has 2 aromatic heterocycles. The van der Waals surface area contributed by atoms with Gasteiger partial charge in [0.05, 0.1) is 17.9 Å². The fraction of sp³-hybridized carbons (Fsp3) is 0. The second-order valence-corrected chi connectivity index (χ2v) is 12.0. The topological polar surface area (TPSA) is 47.9 Å². The Morgan fingerprint density at radius 2 is 1.19 bits per heavy atom. The van der Waals surface area contributed by atoms with Crippen molar-refractivity contribution in [1.29, 1.82) is 0 Å². The van der Waals surface area contributed by atoms with Crippen molar-refractivity contribution in [3.05, 3.63) is 164 Å². The molecule has 48 heavy (non-hydrogen) atoms. The Labute approximate surface area is 294 Å². The molecule has 7 aromatic carbocycles. The molecule has 0 saturated carbocycles. The van der Waals surface area contributed by atoms with Crippen LogP contribution in [-0.2, 0) is 0 Å². The smallest absolute Gasteiger partial charge is 0.167 e. The van der Waals surface area contributed by atoms with E-state index < -0.39 is 42.3 Å². The molecule has 0 amide bonds. The molecule has 4 nitrogen and oxygen atoms in total. The van der Waals surface area contributed by atoms with E-state index in [1.807, 2.05) is 66.7 Å². The minimum atomic E-state index is -0.560. The SMILES string of the molecule is [2H]c1cc(Oc2cc([2H])c([2H])c3c([2H])c([2H])c([2H])c([2H])c23)c(-c2nc(-c3ccccc3)nc(-c3ccc4c(c3)sc3c(-c5ccccc5)cccc34)n2)c([2H])c1[2H]. The summed E-state index contributed by atoms with van der Waals surface area (Å²) in [5.74, 6) is 0.163. The number of hydrogen-bond acceptors (Lipinski definition) is 5. The van der Waals surface area contributed by atoms with Crippen LogP contribution in [0.5, 0.6) is 11.5 Å². The second-order valence-electron chi connectivity index (χ2n) is 10.9. The predicted molar refractivity (Wildman–Crippen MR) is 198 cm³/mol. The van der Waals surface area contributed by atoms with Crippen LogP contribution in [0.25, 0.3) is 76.2 Å². The van der Waals surface area contributed by atoms with Crippen molar-refractivity contribution < 1.29 is 17.1 Å². The normalized spacial score (nSPS) is 14.0. The van der Waals surface area contributed by atoms with Gasteiger partial charge in [0.25, 0.3) is 0 Å². The van der Waals surface area contributed by atoms with E-state index in [0.29, 0.717) is 11.1 Å². The lowest BCUT2D eigenvalue weighted by Crippen LogP contribution is -2.01. The lowest BCUT2D eigenvalue weighted by Gasteiger charge is -2.14. The number of nitrogens with zero attached hydrogens (tertiary/aromatic N) is 3. The fourth-order valence-corrected chi connectivity index (χ4v) is 7.01. The summed E-state index contributed by atoms with van der Waals surface area (Å²) in [7, 11) is 0. The molecule has 0 saturated heterocycles.